The molecule has 1 aromatic carbocycles. The molecule has 8 nitrogen and oxygen atoms in total. The molecule has 144 valence electrons. The van der Waals surface area contributed by atoms with Crippen molar-refractivity contribution in [3.05, 3.63) is 17.7 Å². The van der Waals surface area contributed by atoms with Crippen LogP contribution in [0.1, 0.15) is 51.9 Å². The van der Waals surface area contributed by atoms with Crippen molar-refractivity contribution in [3.8, 4) is 17.2 Å². The van der Waals surface area contributed by atoms with E-state index in [9.17, 15) is 14.4 Å². The Morgan fingerprint density at radius 3 is 1.65 bits per heavy atom. The highest BCUT2D eigenvalue weighted by Gasteiger charge is 2.23. The highest BCUT2D eigenvalue weighted by atomic mass is 16.7. The van der Waals surface area contributed by atoms with Gasteiger partial charge in [0.2, 0.25) is 0 Å². The number of hydrogen-bond donors (Lipinski definition) is 0. The highest BCUT2D eigenvalue weighted by molar-refractivity contribution is 5.83. The lowest BCUT2D eigenvalue weighted by molar-refractivity contribution is 0.0200. The predicted octanol–water partition coefficient (Wildman–Crippen LogP) is 4.14. The van der Waals surface area contributed by atoms with Gasteiger partial charge in [-0.3, -0.25) is 4.79 Å². The monoisotopic (exact) mass is 368 g/mol. The summed E-state index contributed by atoms with van der Waals surface area (Å²) in [7, 11) is 1.33. The SMILES string of the molecule is COc1cc(C=O)c(OC(=O)OC(C)(C)C)cc1OC(=O)OC(C)(C)C. The fourth-order valence-electron chi connectivity index (χ4n) is 1.70. The van der Waals surface area contributed by atoms with Crippen molar-refractivity contribution < 1.29 is 38.1 Å². The fraction of sp³-hybridized carbons (Fsp3) is 0.500. The first-order chi connectivity index (χ1) is 11.8. The van der Waals surface area contributed by atoms with Gasteiger partial charge >= 0.3 is 12.3 Å². The Labute approximate surface area is 152 Å². The summed E-state index contributed by atoms with van der Waals surface area (Å²) in [5.74, 6) is -0.131. The molecule has 0 N–H and O–H groups in total. The average Bonchev–Trinajstić information content (AvgIpc) is 2.43. The average molecular weight is 368 g/mol. The van der Waals surface area contributed by atoms with E-state index in [4.69, 9.17) is 23.7 Å². The van der Waals surface area contributed by atoms with Crippen LogP contribution in [0.3, 0.4) is 0 Å². The van der Waals surface area contributed by atoms with E-state index in [-0.39, 0.29) is 22.8 Å². The van der Waals surface area contributed by atoms with Crippen molar-refractivity contribution in [2.75, 3.05) is 7.11 Å². The number of carbonyl (C=O) groups is 3. The van der Waals surface area contributed by atoms with Crippen LogP contribution in [0.4, 0.5) is 9.59 Å². The van der Waals surface area contributed by atoms with E-state index in [1.54, 1.807) is 41.5 Å². The van der Waals surface area contributed by atoms with Crippen LogP contribution in [0.15, 0.2) is 12.1 Å². The van der Waals surface area contributed by atoms with Crippen LogP contribution < -0.4 is 14.2 Å². The molecule has 0 heterocycles. The van der Waals surface area contributed by atoms with E-state index in [0.717, 1.165) is 0 Å². The van der Waals surface area contributed by atoms with Gasteiger partial charge in [0.15, 0.2) is 17.8 Å². The minimum atomic E-state index is -1.01. The molecule has 0 aliphatic heterocycles. The molecular formula is C18H24O8. The summed E-state index contributed by atoms with van der Waals surface area (Å²) >= 11 is 0. The van der Waals surface area contributed by atoms with Gasteiger partial charge in [-0.15, -0.1) is 0 Å². The van der Waals surface area contributed by atoms with Gasteiger partial charge in [-0.25, -0.2) is 9.59 Å². The van der Waals surface area contributed by atoms with Gasteiger partial charge in [0.1, 0.15) is 17.0 Å². The van der Waals surface area contributed by atoms with Crippen molar-refractivity contribution in [2.45, 2.75) is 52.7 Å². The second kappa shape index (κ2) is 8.07. The number of benzene rings is 1. The zero-order valence-corrected chi connectivity index (χ0v) is 16.0. The Kier molecular flexibility index (Phi) is 6.60. The smallest absolute Gasteiger partial charge is 0.493 e. The number of carbonyl (C=O) groups excluding carboxylic acids is 3. The quantitative estimate of drug-likeness (QED) is 0.444. The van der Waals surface area contributed by atoms with Crippen molar-refractivity contribution in [1.29, 1.82) is 0 Å². The van der Waals surface area contributed by atoms with Gasteiger partial charge < -0.3 is 23.7 Å². The lowest BCUT2D eigenvalue weighted by Gasteiger charge is -2.20. The molecular weight excluding hydrogens is 344 g/mol. The topological polar surface area (TPSA) is 97.4 Å². The Hall–Kier alpha value is -2.77. The van der Waals surface area contributed by atoms with E-state index in [1.165, 1.54) is 19.2 Å². The maximum atomic E-state index is 11.9. The molecule has 0 atom stereocenters. The molecule has 26 heavy (non-hydrogen) atoms. The molecule has 0 unspecified atom stereocenters. The predicted molar refractivity (Wildman–Crippen MR) is 92.1 cm³/mol. The summed E-state index contributed by atoms with van der Waals surface area (Å²) in [6, 6.07) is 2.45. The van der Waals surface area contributed by atoms with Crippen LogP contribution in [0.2, 0.25) is 0 Å². The van der Waals surface area contributed by atoms with Crippen LogP contribution in [0.25, 0.3) is 0 Å². The van der Waals surface area contributed by atoms with E-state index < -0.39 is 23.5 Å². The molecule has 8 heteroatoms. The summed E-state index contributed by atoms with van der Waals surface area (Å²) in [4.78, 5) is 35.0. The van der Waals surface area contributed by atoms with E-state index in [2.05, 4.69) is 0 Å². The van der Waals surface area contributed by atoms with Crippen molar-refractivity contribution in [3.63, 3.8) is 0 Å². The lowest BCUT2D eigenvalue weighted by atomic mass is 10.2. The molecule has 0 bridgehead atoms. The van der Waals surface area contributed by atoms with E-state index >= 15 is 0 Å². The number of ether oxygens (including phenoxy) is 5. The summed E-state index contributed by atoms with van der Waals surface area (Å²) < 4.78 is 25.4. The van der Waals surface area contributed by atoms with Crippen LogP contribution in [0.5, 0.6) is 17.2 Å². The van der Waals surface area contributed by atoms with Gasteiger partial charge in [0.05, 0.1) is 12.7 Å². The van der Waals surface area contributed by atoms with Gasteiger partial charge in [0.25, 0.3) is 0 Å². The molecule has 0 amide bonds. The van der Waals surface area contributed by atoms with Crippen LogP contribution >= 0.6 is 0 Å². The molecule has 0 aliphatic carbocycles. The van der Waals surface area contributed by atoms with Gasteiger partial charge in [0, 0.05) is 6.07 Å². The van der Waals surface area contributed by atoms with E-state index in [1.807, 2.05) is 0 Å². The summed E-state index contributed by atoms with van der Waals surface area (Å²) in [5, 5.41) is 0. The molecule has 0 saturated carbocycles. The zero-order valence-electron chi connectivity index (χ0n) is 16.0. The first kappa shape index (κ1) is 21.3. The van der Waals surface area contributed by atoms with Crippen LogP contribution in [-0.4, -0.2) is 36.9 Å². The molecule has 1 aromatic rings. The summed E-state index contributed by atoms with van der Waals surface area (Å²) in [6.45, 7) is 10.0. The first-order valence-electron chi connectivity index (χ1n) is 7.83. The Bertz CT molecular complexity index is 680. The van der Waals surface area contributed by atoms with Crippen molar-refractivity contribution >= 4 is 18.6 Å². The van der Waals surface area contributed by atoms with Crippen molar-refractivity contribution in [1.82, 2.24) is 0 Å². The van der Waals surface area contributed by atoms with Crippen LogP contribution in [0, 0.1) is 0 Å². The Balaban J connectivity index is 3.13. The highest BCUT2D eigenvalue weighted by Crippen LogP contribution is 2.35. The maximum Gasteiger partial charge on any atom is 0.514 e. The summed E-state index contributed by atoms with van der Waals surface area (Å²) in [6.07, 6.45) is -1.51. The van der Waals surface area contributed by atoms with Gasteiger partial charge in [-0.05, 0) is 47.6 Å². The second-order valence-corrected chi connectivity index (χ2v) is 7.29. The normalized spacial score (nSPS) is 11.3. The minimum Gasteiger partial charge on any atom is -0.493 e. The molecule has 0 fully saturated rings. The standard InChI is InChI=1S/C18H24O8/c1-17(2,3)25-15(20)23-12-9-14(13(22-7)8-11(12)10-19)24-16(21)26-18(4,5)6/h8-10H,1-7H3. The molecule has 0 radical (unpaired) electrons. The zero-order chi connectivity index (χ0) is 20.1. The number of methoxy groups -OCH3 is 1. The number of aldehydes is 1. The van der Waals surface area contributed by atoms with Gasteiger partial charge in [-0.1, -0.05) is 0 Å². The largest absolute Gasteiger partial charge is 0.514 e. The third-order valence-corrected chi connectivity index (χ3v) is 2.59. The van der Waals surface area contributed by atoms with Crippen molar-refractivity contribution in [2.24, 2.45) is 0 Å². The molecule has 0 saturated heterocycles. The van der Waals surface area contributed by atoms with E-state index in [0.29, 0.717) is 6.29 Å². The third kappa shape index (κ3) is 7.00. The number of hydrogen-bond acceptors (Lipinski definition) is 8. The first-order valence-corrected chi connectivity index (χ1v) is 7.83. The lowest BCUT2D eigenvalue weighted by Crippen LogP contribution is -2.26. The molecule has 0 aromatic heterocycles. The molecule has 0 aliphatic rings. The molecule has 1 rings (SSSR count). The summed E-state index contributed by atoms with van der Waals surface area (Å²) in [5.41, 5.74) is -1.52. The third-order valence-electron chi connectivity index (χ3n) is 2.59. The second-order valence-electron chi connectivity index (χ2n) is 7.29. The maximum absolute atomic E-state index is 11.9. The Morgan fingerprint density at radius 2 is 1.27 bits per heavy atom. The Morgan fingerprint density at radius 1 is 0.808 bits per heavy atom. The fourth-order valence-corrected chi connectivity index (χ4v) is 1.70. The molecule has 0 spiro atoms. The van der Waals surface area contributed by atoms with Gasteiger partial charge in [-0.2, -0.15) is 0 Å². The number of rotatable bonds is 4. The minimum absolute atomic E-state index is 0.0178. The van der Waals surface area contributed by atoms with Crippen LogP contribution in [-0.2, 0) is 9.47 Å².